The Morgan fingerprint density at radius 2 is 1.64 bits per heavy atom. The van der Waals surface area contributed by atoms with Crippen LogP contribution < -0.4 is 5.32 Å². The van der Waals surface area contributed by atoms with Crippen LogP contribution in [0.25, 0.3) is 0 Å². The molecule has 0 aromatic rings. The largest absolute Gasteiger partial charge is 0.315 e. The van der Waals surface area contributed by atoms with Gasteiger partial charge in [-0.25, -0.2) is 0 Å². The van der Waals surface area contributed by atoms with E-state index in [-0.39, 0.29) is 0 Å². The van der Waals surface area contributed by atoms with Gasteiger partial charge in [-0.05, 0) is 24.8 Å². The van der Waals surface area contributed by atoms with E-state index in [4.69, 9.17) is 0 Å². The van der Waals surface area contributed by atoms with Crippen molar-refractivity contribution in [3.05, 3.63) is 0 Å². The van der Waals surface area contributed by atoms with Crippen molar-refractivity contribution >= 4 is 0 Å². The normalized spacial score (nSPS) is 13.9. The van der Waals surface area contributed by atoms with E-state index >= 15 is 0 Å². The molecular formula is C13H29N. The molecule has 0 radical (unpaired) electrons. The highest BCUT2D eigenvalue weighted by molar-refractivity contribution is 4.62. The van der Waals surface area contributed by atoms with Crippen LogP contribution in [0.2, 0.25) is 0 Å². The zero-order chi connectivity index (χ0) is 11.0. The van der Waals surface area contributed by atoms with Gasteiger partial charge in [-0.2, -0.15) is 0 Å². The van der Waals surface area contributed by atoms with E-state index < -0.39 is 0 Å². The Bertz CT molecular complexity index is 118. The highest BCUT2D eigenvalue weighted by Gasteiger charge is 2.09. The molecule has 0 amide bonds. The molecule has 1 unspecified atom stereocenters. The first-order chi connectivity index (χ1) is 6.57. The first kappa shape index (κ1) is 14.0. The predicted molar refractivity (Wildman–Crippen MR) is 65.6 cm³/mol. The van der Waals surface area contributed by atoms with Crippen LogP contribution in [0.15, 0.2) is 0 Å². The molecule has 0 aliphatic heterocycles. The molecule has 0 rings (SSSR count). The van der Waals surface area contributed by atoms with E-state index in [0.29, 0.717) is 6.04 Å². The molecule has 0 spiro atoms. The Balaban J connectivity index is 3.33. The fourth-order valence-corrected chi connectivity index (χ4v) is 1.93. The molecule has 0 bridgehead atoms. The molecule has 0 aliphatic rings. The molecule has 1 N–H and O–H groups in total. The summed E-state index contributed by atoms with van der Waals surface area (Å²) in [6.45, 7) is 12.6. The lowest BCUT2D eigenvalue weighted by molar-refractivity contribution is 0.335. The first-order valence-corrected chi connectivity index (χ1v) is 6.31. The summed E-state index contributed by atoms with van der Waals surface area (Å²) in [5, 5.41) is 3.47. The lowest BCUT2D eigenvalue weighted by atomic mass is 9.88. The fourth-order valence-electron chi connectivity index (χ4n) is 1.93. The van der Waals surface area contributed by atoms with Gasteiger partial charge in [0.05, 0.1) is 0 Å². The number of hydrogen-bond acceptors (Lipinski definition) is 1. The average molecular weight is 199 g/mol. The molecule has 14 heavy (non-hydrogen) atoms. The maximum atomic E-state index is 3.47. The quantitative estimate of drug-likeness (QED) is 0.586. The Labute approximate surface area is 90.7 Å². The molecule has 0 aromatic carbocycles. The van der Waals surface area contributed by atoms with Crippen molar-refractivity contribution in [3.8, 4) is 0 Å². The third kappa shape index (κ3) is 7.37. The molecule has 0 heterocycles. The molecule has 0 aromatic heterocycles. The molecule has 0 fully saturated rings. The lowest BCUT2D eigenvalue weighted by Crippen LogP contribution is -2.23. The van der Waals surface area contributed by atoms with Crippen molar-refractivity contribution in [2.24, 2.45) is 11.8 Å². The summed E-state index contributed by atoms with van der Waals surface area (Å²) < 4.78 is 0. The number of nitrogens with one attached hydrogen (secondary N) is 1. The Hall–Kier alpha value is -0.0400. The summed E-state index contributed by atoms with van der Waals surface area (Å²) in [7, 11) is 0. The minimum atomic E-state index is 0.641. The molecule has 0 saturated heterocycles. The van der Waals surface area contributed by atoms with E-state index in [1.54, 1.807) is 0 Å². The van der Waals surface area contributed by atoms with Gasteiger partial charge in [0.25, 0.3) is 0 Å². The summed E-state index contributed by atoms with van der Waals surface area (Å²) in [5.74, 6) is 1.80. The molecule has 1 heteroatoms. The zero-order valence-electron chi connectivity index (χ0n) is 10.8. The monoisotopic (exact) mass is 199 g/mol. The molecule has 86 valence electrons. The predicted octanol–water partition coefficient (Wildman–Crippen LogP) is 3.84. The standard InChI is InChI=1S/C13H29N/c1-6-13(11(2)3)9-7-8-10-14-12(4)5/h11-14H,6-10H2,1-5H3. The lowest BCUT2D eigenvalue weighted by Gasteiger charge is -2.18. The van der Waals surface area contributed by atoms with Crippen LogP contribution in [-0.2, 0) is 0 Å². The minimum absolute atomic E-state index is 0.641. The zero-order valence-corrected chi connectivity index (χ0v) is 10.8. The van der Waals surface area contributed by atoms with Gasteiger partial charge in [0.15, 0.2) is 0 Å². The number of rotatable bonds is 8. The van der Waals surface area contributed by atoms with Crippen molar-refractivity contribution in [2.75, 3.05) is 6.54 Å². The highest BCUT2D eigenvalue weighted by atomic mass is 14.9. The van der Waals surface area contributed by atoms with Crippen molar-refractivity contribution in [1.29, 1.82) is 0 Å². The smallest absolute Gasteiger partial charge is 0.00103 e. The van der Waals surface area contributed by atoms with Gasteiger partial charge in [0.1, 0.15) is 0 Å². The van der Waals surface area contributed by atoms with Crippen molar-refractivity contribution in [3.63, 3.8) is 0 Å². The first-order valence-electron chi connectivity index (χ1n) is 6.31. The third-order valence-electron chi connectivity index (χ3n) is 3.02. The summed E-state index contributed by atoms with van der Waals surface area (Å²) >= 11 is 0. The maximum absolute atomic E-state index is 3.47. The summed E-state index contributed by atoms with van der Waals surface area (Å²) in [4.78, 5) is 0. The van der Waals surface area contributed by atoms with Gasteiger partial charge in [-0.3, -0.25) is 0 Å². The second kappa shape index (κ2) is 8.28. The van der Waals surface area contributed by atoms with Crippen molar-refractivity contribution in [1.82, 2.24) is 5.32 Å². The molecule has 1 nitrogen and oxygen atoms in total. The SMILES string of the molecule is CCC(CCCCNC(C)C)C(C)C. The number of unbranched alkanes of at least 4 members (excludes halogenated alkanes) is 1. The average Bonchev–Trinajstić information content (AvgIpc) is 2.10. The highest BCUT2D eigenvalue weighted by Crippen LogP contribution is 2.20. The van der Waals surface area contributed by atoms with Gasteiger partial charge in [0, 0.05) is 6.04 Å². The van der Waals surface area contributed by atoms with E-state index in [2.05, 4.69) is 39.9 Å². The van der Waals surface area contributed by atoms with E-state index in [0.717, 1.165) is 11.8 Å². The van der Waals surface area contributed by atoms with Gasteiger partial charge >= 0.3 is 0 Å². The summed E-state index contributed by atoms with van der Waals surface area (Å²) in [6.07, 6.45) is 5.47. The maximum Gasteiger partial charge on any atom is 0.00103 e. The van der Waals surface area contributed by atoms with Crippen molar-refractivity contribution < 1.29 is 0 Å². The van der Waals surface area contributed by atoms with Crippen LogP contribution in [0, 0.1) is 11.8 Å². The van der Waals surface area contributed by atoms with Crippen LogP contribution >= 0.6 is 0 Å². The summed E-state index contributed by atoms with van der Waals surface area (Å²) in [6, 6.07) is 0.641. The second-order valence-electron chi connectivity index (χ2n) is 5.02. The van der Waals surface area contributed by atoms with Crippen LogP contribution in [0.5, 0.6) is 0 Å². The molecule has 1 atom stereocenters. The Morgan fingerprint density at radius 3 is 2.07 bits per heavy atom. The van der Waals surface area contributed by atoms with Gasteiger partial charge in [-0.1, -0.05) is 53.9 Å². The molecular weight excluding hydrogens is 170 g/mol. The second-order valence-corrected chi connectivity index (χ2v) is 5.02. The van der Waals surface area contributed by atoms with Gasteiger partial charge < -0.3 is 5.32 Å². The molecule has 0 saturated carbocycles. The minimum Gasteiger partial charge on any atom is -0.315 e. The van der Waals surface area contributed by atoms with Crippen LogP contribution in [0.3, 0.4) is 0 Å². The Kier molecular flexibility index (Phi) is 8.26. The fraction of sp³-hybridized carbons (Fsp3) is 1.00. The van der Waals surface area contributed by atoms with Crippen LogP contribution in [0.4, 0.5) is 0 Å². The van der Waals surface area contributed by atoms with Crippen LogP contribution in [-0.4, -0.2) is 12.6 Å². The van der Waals surface area contributed by atoms with Gasteiger partial charge in [-0.15, -0.1) is 0 Å². The van der Waals surface area contributed by atoms with E-state index in [1.807, 2.05) is 0 Å². The van der Waals surface area contributed by atoms with Gasteiger partial charge in [0.2, 0.25) is 0 Å². The van der Waals surface area contributed by atoms with E-state index in [1.165, 1.54) is 32.2 Å². The van der Waals surface area contributed by atoms with Crippen molar-refractivity contribution in [2.45, 2.75) is 66.3 Å². The van der Waals surface area contributed by atoms with Crippen LogP contribution in [0.1, 0.15) is 60.3 Å². The van der Waals surface area contributed by atoms with E-state index in [9.17, 15) is 0 Å². The number of hydrogen-bond donors (Lipinski definition) is 1. The summed E-state index contributed by atoms with van der Waals surface area (Å²) in [5.41, 5.74) is 0. The third-order valence-corrected chi connectivity index (χ3v) is 3.02. The molecule has 0 aliphatic carbocycles. The Morgan fingerprint density at radius 1 is 1.00 bits per heavy atom. The topological polar surface area (TPSA) is 12.0 Å².